The lowest BCUT2D eigenvalue weighted by Crippen LogP contribution is -2.09. The average Bonchev–Trinajstić information content (AvgIpc) is 2.13. The molecule has 0 unspecified atom stereocenters. The molecule has 0 fully saturated rings. The third-order valence-electron chi connectivity index (χ3n) is 1.03. The van der Waals surface area contributed by atoms with E-state index >= 15 is 0 Å². The summed E-state index contributed by atoms with van der Waals surface area (Å²) in [6, 6.07) is 0. The van der Waals surface area contributed by atoms with Gasteiger partial charge in [-0.05, 0) is 0 Å². The SMILES string of the molecule is CC(F)(F)C(F)=CF.CC(F)(F)C(F)=CF. The van der Waals surface area contributed by atoms with Crippen LogP contribution in [0.3, 0.4) is 0 Å². The predicted octanol–water partition coefficient (Wildman–Crippen LogP) is 4.84. The van der Waals surface area contributed by atoms with Crippen molar-refractivity contribution in [1.29, 1.82) is 0 Å². The molecule has 16 heavy (non-hydrogen) atoms. The van der Waals surface area contributed by atoms with Crippen molar-refractivity contribution in [2.24, 2.45) is 0 Å². The van der Waals surface area contributed by atoms with Gasteiger partial charge in [-0.25, -0.2) is 17.6 Å². The highest BCUT2D eigenvalue weighted by molar-refractivity contribution is 4.97. The molecule has 0 rings (SSSR count). The quantitative estimate of drug-likeness (QED) is 0.620. The Morgan fingerprint density at radius 1 is 0.750 bits per heavy atom. The molecule has 0 aliphatic heterocycles. The van der Waals surface area contributed by atoms with Crippen LogP contribution in [0.25, 0.3) is 0 Å². The lowest BCUT2D eigenvalue weighted by atomic mass is 10.4. The number of halogens is 8. The molecule has 0 N–H and O–H groups in total. The summed E-state index contributed by atoms with van der Waals surface area (Å²) in [6.07, 6.45) is -1.50. The molecule has 0 spiro atoms. The largest absolute Gasteiger partial charge is 0.298 e. The zero-order chi connectivity index (χ0) is 13.6. The Bertz CT molecular complexity index is 226. The van der Waals surface area contributed by atoms with Crippen molar-refractivity contribution in [3.05, 3.63) is 24.3 Å². The zero-order valence-corrected chi connectivity index (χ0v) is 8.18. The molecular weight excluding hydrogens is 248 g/mol. The van der Waals surface area contributed by atoms with Gasteiger partial charge in [0.15, 0.2) is 11.7 Å². The van der Waals surface area contributed by atoms with E-state index in [1.165, 1.54) is 0 Å². The van der Waals surface area contributed by atoms with Crippen LogP contribution in [0.5, 0.6) is 0 Å². The van der Waals surface area contributed by atoms with E-state index in [9.17, 15) is 35.1 Å². The fraction of sp³-hybridized carbons (Fsp3) is 0.500. The van der Waals surface area contributed by atoms with Crippen LogP contribution in [-0.4, -0.2) is 11.8 Å². The van der Waals surface area contributed by atoms with Crippen LogP contribution in [0, 0.1) is 0 Å². The van der Waals surface area contributed by atoms with Gasteiger partial charge in [-0.3, -0.25) is 0 Å². The normalized spacial score (nSPS) is 14.4. The molecule has 0 bridgehead atoms. The second-order valence-electron chi connectivity index (χ2n) is 2.69. The molecule has 0 radical (unpaired) electrons. The first-order valence-electron chi connectivity index (χ1n) is 3.65. The average molecular weight is 256 g/mol. The first-order chi connectivity index (χ1) is 6.96. The van der Waals surface area contributed by atoms with E-state index in [0.717, 1.165) is 0 Å². The molecule has 0 saturated heterocycles. The molecule has 8 heteroatoms. The molecule has 0 saturated carbocycles. The van der Waals surface area contributed by atoms with Crippen molar-refractivity contribution in [3.63, 3.8) is 0 Å². The molecule has 0 aromatic rings. The van der Waals surface area contributed by atoms with Gasteiger partial charge in [-0.2, -0.15) is 17.6 Å². The van der Waals surface area contributed by atoms with E-state index in [-0.39, 0.29) is 13.8 Å². The lowest BCUT2D eigenvalue weighted by molar-refractivity contribution is 0.0362. The molecule has 0 aromatic heterocycles. The number of rotatable bonds is 2. The predicted molar refractivity (Wildman–Crippen MR) is 41.8 cm³/mol. The van der Waals surface area contributed by atoms with Gasteiger partial charge in [0.05, 0.1) is 0 Å². The fourth-order valence-electron chi connectivity index (χ4n) is 0.192. The summed E-state index contributed by atoms with van der Waals surface area (Å²) in [5.41, 5.74) is 0. The topological polar surface area (TPSA) is 0 Å². The van der Waals surface area contributed by atoms with Crippen LogP contribution in [0.4, 0.5) is 35.1 Å². The maximum Gasteiger partial charge on any atom is 0.298 e. The summed E-state index contributed by atoms with van der Waals surface area (Å²) < 4.78 is 90.2. The van der Waals surface area contributed by atoms with Gasteiger partial charge in [0.2, 0.25) is 0 Å². The van der Waals surface area contributed by atoms with Gasteiger partial charge >= 0.3 is 0 Å². The highest BCUT2D eigenvalue weighted by atomic mass is 19.3. The van der Waals surface area contributed by atoms with Crippen molar-refractivity contribution in [1.82, 2.24) is 0 Å². The van der Waals surface area contributed by atoms with E-state index in [1.54, 1.807) is 0 Å². The number of hydrogen-bond acceptors (Lipinski definition) is 0. The molecule has 0 amide bonds. The zero-order valence-electron chi connectivity index (χ0n) is 8.18. The third-order valence-corrected chi connectivity index (χ3v) is 1.03. The highest BCUT2D eigenvalue weighted by Gasteiger charge is 2.28. The van der Waals surface area contributed by atoms with E-state index in [0.29, 0.717) is 0 Å². The summed E-state index contributed by atoms with van der Waals surface area (Å²) in [5.74, 6) is -11.4. The molecule has 0 aliphatic carbocycles. The second-order valence-corrected chi connectivity index (χ2v) is 2.69. The standard InChI is InChI=1S/2C4H4F4/c2*1-4(7,8)3(6)2-5/h2*2H,1H3. The molecule has 0 atom stereocenters. The summed E-state index contributed by atoms with van der Waals surface area (Å²) in [4.78, 5) is 0. The minimum Gasteiger partial charge on any atom is -0.212 e. The number of alkyl halides is 4. The van der Waals surface area contributed by atoms with Crippen molar-refractivity contribution in [2.45, 2.75) is 25.7 Å². The smallest absolute Gasteiger partial charge is 0.212 e. The molecule has 96 valence electrons. The van der Waals surface area contributed by atoms with Crippen molar-refractivity contribution < 1.29 is 35.1 Å². The molecule has 0 aromatic carbocycles. The van der Waals surface area contributed by atoms with Gasteiger partial charge in [0.1, 0.15) is 12.7 Å². The Labute approximate surface area is 86.2 Å². The monoisotopic (exact) mass is 256 g/mol. The van der Waals surface area contributed by atoms with Crippen molar-refractivity contribution >= 4 is 0 Å². The second kappa shape index (κ2) is 6.49. The third kappa shape index (κ3) is 8.25. The summed E-state index contributed by atoms with van der Waals surface area (Å²) >= 11 is 0. The van der Waals surface area contributed by atoms with Crippen LogP contribution in [0.15, 0.2) is 24.3 Å². The Morgan fingerprint density at radius 3 is 0.938 bits per heavy atom. The van der Waals surface area contributed by atoms with E-state index in [2.05, 4.69) is 0 Å². The number of hydrogen-bond donors (Lipinski definition) is 0. The first-order valence-corrected chi connectivity index (χ1v) is 3.65. The summed E-state index contributed by atoms with van der Waals surface area (Å²) in [6.45, 7) is 0.552. The van der Waals surface area contributed by atoms with Gasteiger partial charge < -0.3 is 0 Å². The minimum absolute atomic E-state index is 0.276. The molecule has 0 nitrogen and oxygen atoms in total. The van der Waals surface area contributed by atoms with E-state index < -0.39 is 36.2 Å². The van der Waals surface area contributed by atoms with Crippen molar-refractivity contribution in [2.75, 3.05) is 0 Å². The molecule has 0 heterocycles. The van der Waals surface area contributed by atoms with E-state index in [1.807, 2.05) is 0 Å². The Hall–Kier alpha value is -1.08. The molecule has 0 aliphatic rings. The maximum absolute atomic E-state index is 11.4. The first kappa shape index (κ1) is 17.3. The van der Waals surface area contributed by atoms with Gasteiger partial charge in [-0.15, -0.1) is 0 Å². The van der Waals surface area contributed by atoms with Crippen LogP contribution in [-0.2, 0) is 0 Å². The Morgan fingerprint density at radius 2 is 0.938 bits per heavy atom. The lowest BCUT2D eigenvalue weighted by Gasteiger charge is -2.02. The fourth-order valence-corrected chi connectivity index (χ4v) is 0.192. The van der Waals surface area contributed by atoms with Gasteiger partial charge in [0.25, 0.3) is 11.8 Å². The number of allylic oxidation sites excluding steroid dienone is 2. The van der Waals surface area contributed by atoms with Gasteiger partial charge in [-0.1, -0.05) is 0 Å². The summed E-state index contributed by atoms with van der Waals surface area (Å²) in [7, 11) is 0. The van der Waals surface area contributed by atoms with E-state index in [4.69, 9.17) is 0 Å². The minimum atomic E-state index is -3.67. The van der Waals surface area contributed by atoms with Crippen molar-refractivity contribution in [3.8, 4) is 0 Å². The Balaban J connectivity index is 0. The summed E-state index contributed by atoms with van der Waals surface area (Å²) in [5, 5.41) is 0. The maximum atomic E-state index is 11.4. The molecular formula is C8H8F8. The Kier molecular flexibility index (Phi) is 7.03. The van der Waals surface area contributed by atoms with Crippen LogP contribution < -0.4 is 0 Å². The van der Waals surface area contributed by atoms with Gasteiger partial charge in [0, 0.05) is 13.8 Å². The highest BCUT2D eigenvalue weighted by Crippen LogP contribution is 2.24. The van der Waals surface area contributed by atoms with Crippen LogP contribution in [0.1, 0.15) is 13.8 Å². The van der Waals surface area contributed by atoms with Crippen LogP contribution in [0.2, 0.25) is 0 Å². The van der Waals surface area contributed by atoms with Crippen LogP contribution >= 0.6 is 0 Å².